The topological polar surface area (TPSA) is 3.88 Å². The zero-order valence-electron chi connectivity index (χ0n) is 20.4. The maximum atomic E-state index is 15.4. The van der Waals surface area contributed by atoms with Crippen LogP contribution in [0.4, 0.5) is 4.39 Å². The van der Waals surface area contributed by atoms with Crippen molar-refractivity contribution < 1.29 is 8.96 Å². The van der Waals surface area contributed by atoms with Gasteiger partial charge in [-0.3, -0.25) is 0 Å². The monoisotopic (exact) mass is 454 g/mol. The van der Waals surface area contributed by atoms with Crippen molar-refractivity contribution in [2.45, 2.75) is 51.7 Å². The van der Waals surface area contributed by atoms with Crippen LogP contribution < -0.4 is 9.75 Å². The quantitative estimate of drug-likeness (QED) is 0.226. The highest BCUT2D eigenvalue weighted by Gasteiger charge is 2.37. The zero-order valence-corrected chi connectivity index (χ0v) is 21.4. The predicted octanol–water partition coefficient (Wildman–Crippen LogP) is 7.22. The molecule has 1 aliphatic rings. The van der Waals surface area contributed by atoms with E-state index >= 15 is 4.39 Å². The second kappa shape index (κ2) is 8.21. The Balaban J connectivity index is 1.72. The van der Waals surface area contributed by atoms with Crippen molar-refractivity contribution in [2.75, 3.05) is 0 Å². The molecule has 5 rings (SSSR count). The lowest BCUT2D eigenvalue weighted by Crippen LogP contribution is -2.48. The Morgan fingerprint density at radius 1 is 0.879 bits per heavy atom. The highest BCUT2D eigenvalue weighted by atomic mass is 28.3. The van der Waals surface area contributed by atoms with Gasteiger partial charge in [-0.2, -0.15) is 0 Å². The first kappa shape index (κ1) is 22.0. The number of aromatic nitrogens is 1. The SMILES string of the molecule is Cc1c(-c2c3ccc([Si](C)(C)C4CCC4)cc3cc[n+]2C)cc(-c2ccccc2)c(F)c1C. The minimum Gasteiger partial charge on any atom is -0.206 e. The number of pyridine rings is 1. The van der Waals surface area contributed by atoms with Crippen LogP contribution >= 0.6 is 0 Å². The number of benzene rings is 3. The fourth-order valence-corrected chi connectivity index (χ4v) is 8.80. The van der Waals surface area contributed by atoms with Gasteiger partial charge in [0.05, 0.1) is 19.0 Å². The van der Waals surface area contributed by atoms with E-state index in [1.807, 2.05) is 50.2 Å². The number of hydrogen-bond acceptors (Lipinski definition) is 0. The maximum absolute atomic E-state index is 15.4. The van der Waals surface area contributed by atoms with Gasteiger partial charge in [-0.1, -0.05) is 80.0 Å². The van der Waals surface area contributed by atoms with Crippen molar-refractivity contribution in [3.8, 4) is 22.4 Å². The maximum Gasteiger partial charge on any atom is 0.220 e. The number of halogens is 1. The lowest BCUT2D eigenvalue weighted by atomic mass is 9.91. The molecule has 0 atom stereocenters. The third kappa shape index (κ3) is 3.63. The third-order valence-corrected chi connectivity index (χ3v) is 12.6. The first-order valence-corrected chi connectivity index (χ1v) is 15.1. The Kier molecular flexibility index (Phi) is 5.48. The van der Waals surface area contributed by atoms with Crippen LogP contribution in [-0.2, 0) is 7.05 Å². The Morgan fingerprint density at radius 3 is 2.27 bits per heavy atom. The van der Waals surface area contributed by atoms with E-state index in [0.717, 1.165) is 33.5 Å². The van der Waals surface area contributed by atoms with E-state index in [4.69, 9.17) is 0 Å². The molecule has 1 fully saturated rings. The molecule has 0 spiro atoms. The molecule has 1 saturated carbocycles. The molecule has 33 heavy (non-hydrogen) atoms. The number of fused-ring (bicyclic) bond motifs is 1. The van der Waals surface area contributed by atoms with Crippen molar-refractivity contribution in [2.24, 2.45) is 7.05 Å². The molecule has 0 aliphatic heterocycles. The minimum absolute atomic E-state index is 0.124. The van der Waals surface area contributed by atoms with E-state index in [2.05, 4.69) is 55.2 Å². The molecule has 1 aromatic heterocycles. The smallest absolute Gasteiger partial charge is 0.206 e. The summed E-state index contributed by atoms with van der Waals surface area (Å²) in [5.74, 6) is -0.124. The summed E-state index contributed by atoms with van der Waals surface area (Å²) < 4.78 is 17.5. The summed E-state index contributed by atoms with van der Waals surface area (Å²) in [6.07, 6.45) is 6.33. The normalized spacial score (nSPS) is 14.5. The van der Waals surface area contributed by atoms with Crippen LogP contribution in [0.2, 0.25) is 18.6 Å². The number of aryl methyl sites for hydroxylation is 1. The molecule has 0 saturated heterocycles. The van der Waals surface area contributed by atoms with Gasteiger partial charge in [0.2, 0.25) is 5.69 Å². The van der Waals surface area contributed by atoms with Crippen LogP contribution in [-0.4, -0.2) is 8.07 Å². The molecule has 168 valence electrons. The largest absolute Gasteiger partial charge is 0.220 e. The first-order chi connectivity index (χ1) is 15.8. The van der Waals surface area contributed by atoms with E-state index in [-0.39, 0.29) is 5.82 Å². The minimum atomic E-state index is -1.46. The van der Waals surface area contributed by atoms with E-state index in [1.165, 1.54) is 30.0 Å². The molecule has 1 nitrogen and oxygen atoms in total. The molecular weight excluding hydrogens is 421 g/mol. The molecule has 0 radical (unpaired) electrons. The molecule has 0 bridgehead atoms. The van der Waals surface area contributed by atoms with Crippen molar-refractivity contribution in [3.63, 3.8) is 0 Å². The van der Waals surface area contributed by atoms with Gasteiger partial charge in [-0.15, -0.1) is 0 Å². The molecular formula is C30H33FNSi+. The molecule has 1 heterocycles. The summed E-state index contributed by atoms with van der Waals surface area (Å²) in [6, 6.07) is 21.3. The van der Waals surface area contributed by atoms with Gasteiger partial charge in [0.1, 0.15) is 12.9 Å². The van der Waals surface area contributed by atoms with Crippen molar-refractivity contribution in [3.05, 3.63) is 83.8 Å². The van der Waals surface area contributed by atoms with Gasteiger partial charge in [-0.25, -0.2) is 8.96 Å². The summed E-state index contributed by atoms with van der Waals surface area (Å²) in [5.41, 5.74) is 6.47. The second-order valence-electron chi connectivity index (χ2n) is 10.3. The van der Waals surface area contributed by atoms with E-state index in [1.54, 1.807) is 5.19 Å². The highest BCUT2D eigenvalue weighted by Crippen LogP contribution is 2.41. The van der Waals surface area contributed by atoms with Crippen molar-refractivity contribution in [1.29, 1.82) is 0 Å². The second-order valence-corrected chi connectivity index (χ2v) is 15.2. The Labute approximate surface area is 197 Å². The Hall–Kier alpha value is -2.78. The summed E-state index contributed by atoms with van der Waals surface area (Å²) in [6.45, 7) is 9.00. The Bertz CT molecular complexity index is 1350. The third-order valence-electron chi connectivity index (χ3n) is 8.17. The molecule has 3 heteroatoms. The van der Waals surface area contributed by atoms with E-state index < -0.39 is 8.07 Å². The van der Waals surface area contributed by atoms with E-state index in [9.17, 15) is 0 Å². The Morgan fingerprint density at radius 2 is 1.61 bits per heavy atom. The number of nitrogens with zero attached hydrogens (tertiary/aromatic N) is 1. The summed E-state index contributed by atoms with van der Waals surface area (Å²) >= 11 is 0. The molecule has 3 aromatic carbocycles. The predicted molar refractivity (Wildman–Crippen MR) is 140 cm³/mol. The molecule has 1 aliphatic carbocycles. The molecule has 4 aromatic rings. The summed E-state index contributed by atoms with van der Waals surface area (Å²) in [7, 11) is 0.633. The van der Waals surface area contributed by atoms with Crippen LogP contribution in [0.25, 0.3) is 33.2 Å². The fraction of sp³-hybridized carbons (Fsp3) is 0.300. The number of hydrogen-bond donors (Lipinski definition) is 0. The molecule has 0 amide bonds. The van der Waals surface area contributed by atoms with Crippen LogP contribution in [0.1, 0.15) is 30.4 Å². The first-order valence-electron chi connectivity index (χ1n) is 12.1. The van der Waals surface area contributed by atoms with Crippen molar-refractivity contribution >= 4 is 24.0 Å². The molecule has 0 N–H and O–H groups in total. The van der Waals surface area contributed by atoms with Crippen LogP contribution in [0.3, 0.4) is 0 Å². The van der Waals surface area contributed by atoms with Crippen molar-refractivity contribution in [1.82, 2.24) is 0 Å². The summed E-state index contributed by atoms with van der Waals surface area (Å²) in [4.78, 5) is 0. The van der Waals surface area contributed by atoms with Gasteiger partial charge in [-0.05, 0) is 53.6 Å². The fourth-order valence-electron chi connectivity index (χ4n) is 5.43. The average molecular weight is 455 g/mol. The van der Waals surface area contributed by atoms with Gasteiger partial charge in [0.15, 0.2) is 6.20 Å². The summed E-state index contributed by atoms with van der Waals surface area (Å²) in [5, 5.41) is 4.06. The van der Waals surface area contributed by atoms with Crippen LogP contribution in [0, 0.1) is 19.7 Å². The molecule has 0 unspecified atom stereocenters. The lowest BCUT2D eigenvalue weighted by Gasteiger charge is -2.39. The highest BCUT2D eigenvalue weighted by molar-refractivity contribution is 6.91. The van der Waals surface area contributed by atoms with E-state index in [0.29, 0.717) is 5.56 Å². The van der Waals surface area contributed by atoms with Gasteiger partial charge in [0, 0.05) is 11.6 Å². The van der Waals surface area contributed by atoms with Gasteiger partial charge in [0.25, 0.3) is 0 Å². The standard InChI is InChI=1S/C30H33FNSi/c1-20-21(2)29(31)28(22-10-7-6-8-11-22)19-27(20)30-26-15-14-25(18-23(26)16-17-32(30)3)33(4,5)24-12-9-13-24/h6-8,10-11,14-19,24H,9,12-13H2,1-5H3/q+1. The van der Waals surface area contributed by atoms with Gasteiger partial charge >= 0.3 is 0 Å². The van der Waals surface area contributed by atoms with Gasteiger partial charge < -0.3 is 0 Å². The average Bonchev–Trinajstić information content (AvgIpc) is 2.77. The lowest BCUT2D eigenvalue weighted by molar-refractivity contribution is -0.659. The zero-order chi connectivity index (χ0) is 23.3. The number of rotatable bonds is 4. The van der Waals surface area contributed by atoms with Crippen LogP contribution in [0.5, 0.6) is 0 Å². The van der Waals surface area contributed by atoms with Crippen LogP contribution in [0.15, 0.2) is 66.9 Å².